The zero-order valence-corrected chi connectivity index (χ0v) is 12.6. The van der Waals surface area contributed by atoms with Gasteiger partial charge in [-0.25, -0.2) is 0 Å². The molecule has 5 nitrogen and oxygen atoms in total. The molecule has 0 aliphatic heterocycles. The molecule has 0 aliphatic carbocycles. The summed E-state index contributed by atoms with van der Waals surface area (Å²) in [7, 11) is 3.47. The molecule has 1 N–H and O–H groups in total. The molecule has 0 spiro atoms. The van der Waals surface area contributed by atoms with Crippen LogP contribution in [0.2, 0.25) is 0 Å². The molecule has 2 heterocycles. The van der Waals surface area contributed by atoms with Crippen LogP contribution in [0.15, 0.2) is 29.0 Å². The average Bonchev–Trinajstić information content (AvgIpc) is 2.37. The number of rotatable bonds is 3. The molecule has 2 aromatic rings. The second-order valence-electron chi connectivity index (χ2n) is 4.48. The Labute approximate surface area is 120 Å². The largest absolute Gasteiger partial charge is 0.372 e. The number of aromatic nitrogens is 2. The van der Waals surface area contributed by atoms with Gasteiger partial charge in [0, 0.05) is 31.0 Å². The topological polar surface area (TPSA) is 58.1 Å². The van der Waals surface area contributed by atoms with Gasteiger partial charge in [0.1, 0.15) is 11.6 Å². The van der Waals surface area contributed by atoms with Crippen LogP contribution in [0, 0.1) is 0 Å². The summed E-state index contributed by atoms with van der Waals surface area (Å²) >= 11 is 3.37. The third kappa shape index (κ3) is 3.01. The molecule has 1 atom stereocenters. The molecule has 1 amide bonds. The number of halogens is 1. The number of pyridine rings is 2. The van der Waals surface area contributed by atoms with Gasteiger partial charge in [0.2, 0.25) is 5.91 Å². The van der Waals surface area contributed by atoms with Gasteiger partial charge < -0.3 is 10.2 Å². The Morgan fingerprint density at radius 3 is 2.84 bits per heavy atom. The molecule has 19 heavy (non-hydrogen) atoms. The van der Waals surface area contributed by atoms with Crippen LogP contribution in [-0.4, -0.2) is 40.9 Å². The molecule has 0 radical (unpaired) electrons. The van der Waals surface area contributed by atoms with Gasteiger partial charge in [-0.15, -0.1) is 0 Å². The van der Waals surface area contributed by atoms with Gasteiger partial charge in [-0.2, -0.15) is 0 Å². The predicted molar refractivity (Wildman–Crippen MR) is 79.0 cm³/mol. The van der Waals surface area contributed by atoms with Crippen LogP contribution < -0.4 is 5.32 Å². The summed E-state index contributed by atoms with van der Waals surface area (Å²) in [4.78, 5) is 22.0. The summed E-state index contributed by atoms with van der Waals surface area (Å²) in [5.74, 6) is 0.0158. The van der Waals surface area contributed by atoms with Crippen molar-refractivity contribution in [3.63, 3.8) is 0 Å². The van der Waals surface area contributed by atoms with Gasteiger partial charge in [-0.1, -0.05) is 0 Å². The molecule has 0 aromatic carbocycles. The lowest BCUT2D eigenvalue weighted by atomic mass is 10.2. The SMILES string of the molecule is CC(Nc1ccnc2cc(Br)cnc12)C(=O)N(C)C. The molecule has 0 saturated heterocycles. The van der Waals surface area contributed by atoms with Crippen LogP contribution in [0.5, 0.6) is 0 Å². The van der Waals surface area contributed by atoms with Gasteiger partial charge >= 0.3 is 0 Å². The van der Waals surface area contributed by atoms with Crippen LogP contribution in [0.4, 0.5) is 5.69 Å². The van der Waals surface area contributed by atoms with Crippen molar-refractivity contribution >= 4 is 38.6 Å². The number of nitrogens with zero attached hydrogens (tertiary/aromatic N) is 3. The highest BCUT2D eigenvalue weighted by Gasteiger charge is 2.15. The van der Waals surface area contributed by atoms with E-state index in [-0.39, 0.29) is 11.9 Å². The van der Waals surface area contributed by atoms with E-state index in [4.69, 9.17) is 0 Å². The van der Waals surface area contributed by atoms with Crippen molar-refractivity contribution in [3.05, 3.63) is 29.0 Å². The lowest BCUT2D eigenvalue weighted by molar-refractivity contribution is -0.129. The smallest absolute Gasteiger partial charge is 0.244 e. The van der Waals surface area contributed by atoms with E-state index < -0.39 is 0 Å². The van der Waals surface area contributed by atoms with Crippen molar-refractivity contribution in [2.45, 2.75) is 13.0 Å². The molecule has 2 rings (SSSR count). The fourth-order valence-corrected chi connectivity index (χ4v) is 2.12. The highest BCUT2D eigenvalue weighted by Crippen LogP contribution is 2.22. The number of anilines is 1. The van der Waals surface area contributed by atoms with Gasteiger partial charge in [0.05, 0.1) is 11.2 Å². The van der Waals surface area contributed by atoms with Crippen LogP contribution in [0.3, 0.4) is 0 Å². The van der Waals surface area contributed by atoms with E-state index in [9.17, 15) is 4.79 Å². The van der Waals surface area contributed by atoms with Crippen LogP contribution in [-0.2, 0) is 4.79 Å². The summed E-state index contributed by atoms with van der Waals surface area (Å²) in [5.41, 5.74) is 2.34. The fourth-order valence-electron chi connectivity index (χ4n) is 1.80. The summed E-state index contributed by atoms with van der Waals surface area (Å²) in [6.45, 7) is 1.83. The van der Waals surface area contributed by atoms with Crippen molar-refractivity contribution < 1.29 is 4.79 Å². The molecule has 0 saturated carbocycles. The van der Waals surface area contributed by atoms with Crippen LogP contribution in [0.1, 0.15) is 6.92 Å². The maximum atomic E-state index is 11.9. The van der Waals surface area contributed by atoms with Crippen LogP contribution in [0.25, 0.3) is 11.0 Å². The Morgan fingerprint density at radius 2 is 2.16 bits per heavy atom. The predicted octanol–water partition coefficient (Wildman–Crippen LogP) is 2.28. The van der Waals surface area contributed by atoms with E-state index in [1.54, 1.807) is 31.4 Å². The maximum Gasteiger partial charge on any atom is 0.244 e. The van der Waals surface area contributed by atoms with E-state index in [0.29, 0.717) is 0 Å². The zero-order chi connectivity index (χ0) is 14.0. The maximum absolute atomic E-state index is 11.9. The van der Waals surface area contributed by atoms with Crippen molar-refractivity contribution in [1.82, 2.24) is 14.9 Å². The summed E-state index contributed by atoms with van der Waals surface area (Å²) in [5, 5.41) is 3.18. The Kier molecular flexibility index (Phi) is 3.99. The molecule has 100 valence electrons. The number of hydrogen-bond acceptors (Lipinski definition) is 4. The van der Waals surface area contributed by atoms with E-state index in [0.717, 1.165) is 21.2 Å². The summed E-state index contributed by atoms with van der Waals surface area (Å²) in [6, 6.07) is 3.40. The van der Waals surface area contributed by atoms with E-state index in [1.807, 2.05) is 19.1 Å². The lowest BCUT2D eigenvalue weighted by Crippen LogP contribution is -2.36. The Balaban J connectivity index is 2.33. The molecule has 0 aliphatic rings. The van der Waals surface area contributed by atoms with Crippen molar-refractivity contribution in [3.8, 4) is 0 Å². The van der Waals surface area contributed by atoms with Crippen molar-refractivity contribution in [1.29, 1.82) is 0 Å². The van der Waals surface area contributed by atoms with Gasteiger partial charge in [-0.3, -0.25) is 14.8 Å². The minimum absolute atomic E-state index is 0.0158. The van der Waals surface area contributed by atoms with E-state index >= 15 is 0 Å². The number of fused-ring (bicyclic) bond motifs is 1. The summed E-state index contributed by atoms with van der Waals surface area (Å²) < 4.78 is 0.877. The molecule has 1 unspecified atom stereocenters. The first-order chi connectivity index (χ1) is 8.99. The fraction of sp³-hybridized carbons (Fsp3) is 0.308. The number of carbonyl (C=O) groups is 1. The third-order valence-electron chi connectivity index (χ3n) is 2.73. The second kappa shape index (κ2) is 5.52. The number of amides is 1. The van der Waals surface area contributed by atoms with Crippen LogP contribution >= 0.6 is 15.9 Å². The van der Waals surface area contributed by atoms with Gasteiger partial charge in [0.25, 0.3) is 0 Å². The number of likely N-dealkylation sites (N-methyl/N-ethyl adjacent to an activating group) is 1. The Hall–Kier alpha value is -1.69. The molecular weight excluding hydrogens is 308 g/mol. The first-order valence-corrected chi connectivity index (χ1v) is 6.66. The first kappa shape index (κ1) is 13.7. The Morgan fingerprint density at radius 1 is 1.42 bits per heavy atom. The summed E-state index contributed by atoms with van der Waals surface area (Å²) in [6.07, 6.45) is 3.42. The first-order valence-electron chi connectivity index (χ1n) is 5.87. The molecule has 6 heteroatoms. The minimum atomic E-state index is -0.314. The lowest BCUT2D eigenvalue weighted by Gasteiger charge is -2.19. The average molecular weight is 323 g/mol. The molecular formula is C13H15BrN4O. The zero-order valence-electron chi connectivity index (χ0n) is 11.0. The van der Waals surface area contributed by atoms with Gasteiger partial charge in [-0.05, 0) is 35.0 Å². The minimum Gasteiger partial charge on any atom is -0.372 e. The number of carbonyl (C=O) groups excluding carboxylic acids is 1. The normalized spacial score (nSPS) is 12.2. The van der Waals surface area contributed by atoms with Gasteiger partial charge in [0.15, 0.2) is 0 Å². The third-order valence-corrected chi connectivity index (χ3v) is 3.16. The number of hydrogen-bond donors (Lipinski definition) is 1. The monoisotopic (exact) mass is 322 g/mol. The highest BCUT2D eigenvalue weighted by atomic mass is 79.9. The quantitative estimate of drug-likeness (QED) is 0.941. The molecule has 0 fully saturated rings. The number of nitrogens with one attached hydrogen (secondary N) is 1. The van der Waals surface area contributed by atoms with E-state index in [2.05, 4.69) is 31.2 Å². The van der Waals surface area contributed by atoms with Crippen molar-refractivity contribution in [2.75, 3.05) is 19.4 Å². The van der Waals surface area contributed by atoms with Crippen molar-refractivity contribution in [2.24, 2.45) is 0 Å². The Bertz CT molecular complexity index is 615. The highest BCUT2D eigenvalue weighted by molar-refractivity contribution is 9.10. The second-order valence-corrected chi connectivity index (χ2v) is 5.39. The standard InChI is InChI=1S/C13H15BrN4O/c1-8(13(19)18(2)3)17-10-4-5-15-11-6-9(14)7-16-12(10)11/h4-8H,1-3H3,(H,15,17). The molecule has 2 aromatic heterocycles. The van der Waals surface area contributed by atoms with E-state index in [1.165, 1.54) is 0 Å². The molecule has 0 bridgehead atoms.